The first kappa shape index (κ1) is 19.9. The van der Waals surface area contributed by atoms with E-state index in [1.165, 1.54) is 6.07 Å². The maximum absolute atomic E-state index is 14.0. The second kappa shape index (κ2) is 9.41. The molecule has 3 heterocycles. The van der Waals surface area contributed by atoms with E-state index in [-0.39, 0.29) is 17.6 Å². The van der Waals surface area contributed by atoms with Gasteiger partial charge in [-0.2, -0.15) is 0 Å². The lowest BCUT2D eigenvalue weighted by Gasteiger charge is -2.25. The predicted molar refractivity (Wildman–Crippen MR) is 103 cm³/mol. The van der Waals surface area contributed by atoms with Crippen LogP contribution in [0.5, 0.6) is 0 Å². The van der Waals surface area contributed by atoms with Crippen LogP contribution in [0.25, 0.3) is 0 Å². The molecule has 2 aliphatic heterocycles. The number of hydrogen-bond acceptors (Lipinski definition) is 6. The van der Waals surface area contributed by atoms with Gasteiger partial charge in [-0.15, -0.1) is 5.10 Å². The van der Waals surface area contributed by atoms with Crippen molar-refractivity contribution in [3.05, 3.63) is 41.5 Å². The minimum Gasteiger partial charge on any atom is -0.379 e. The SMILES string of the molecule is O=C(CCCn1nnnc1CN1CCOCC1)N1CC[C@@H](c2ccccc2F)C1. The van der Waals surface area contributed by atoms with Gasteiger partial charge in [0, 0.05) is 45.1 Å². The highest BCUT2D eigenvalue weighted by molar-refractivity contribution is 5.76. The van der Waals surface area contributed by atoms with Gasteiger partial charge in [0.1, 0.15) is 5.82 Å². The maximum atomic E-state index is 14.0. The number of carbonyl (C=O) groups is 1. The van der Waals surface area contributed by atoms with Crippen LogP contribution in [0.15, 0.2) is 24.3 Å². The van der Waals surface area contributed by atoms with Crippen molar-refractivity contribution in [1.29, 1.82) is 0 Å². The summed E-state index contributed by atoms with van der Waals surface area (Å²) in [6, 6.07) is 6.86. The fraction of sp³-hybridized carbons (Fsp3) is 0.600. The zero-order chi connectivity index (χ0) is 20.1. The number of benzene rings is 1. The van der Waals surface area contributed by atoms with Crippen molar-refractivity contribution in [1.82, 2.24) is 30.0 Å². The normalized spacial score (nSPS) is 20.3. The number of hydrogen-bond donors (Lipinski definition) is 0. The van der Waals surface area contributed by atoms with Crippen LogP contribution in [-0.4, -0.2) is 75.3 Å². The number of nitrogens with zero attached hydrogens (tertiary/aromatic N) is 6. The summed E-state index contributed by atoms with van der Waals surface area (Å²) in [7, 11) is 0. The molecule has 0 bridgehead atoms. The highest BCUT2D eigenvalue weighted by Crippen LogP contribution is 2.29. The van der Waals surface area contributed by atoms with Gasteiger partial charge < -0.3 is 9.64 Å². The Bertz CT molecular complexity index is 823. The summed E-state index contributed by atoms with van der Waals surface area (Å²) in [6.07, 6.45) is 1.94. The zero-order valence-electron chi connectivity index (χ0n) is 16.5. The number of tetrazole rings is 1. The minimum absolute atomic E-state index is 0.0831. The lowest BCUT2D eigenvalue weighted by molar-refractivity contribution is -0.130. The summed E-state index contributed by atoms with van der Waals surface area (Å²) in [6.45, 7) is 5.81. The van der Waals surface area contributed by atoms with E-state index in [0.717, 1.165) is 38.5 Å². The van der Waals surface area contributed by atoms with Crippen LogP contribution >= 0.6 is 0 Å². The number of ether oxygens (including phenoxy) is 1. The molecule has 9 heteroatoms. The Morgan fingerprint density at radius 3 is 2.86 bits per heavy atom. The molecule has 1 atom stereocenters. The van der Waals surface area contributed by atoms with Gasteiger partial charge in [-0.25, -0.2) is 9.07 Å². The lowest BCUT2D eigenvalue weighted by atomic mass is 9.98. The van der Waals surface area contributed by atoms with Gasteiger partial charge in [-0.3, -0.25) is 9.69 Å². The van der Waals surface area contributed by atoms with Crippen molar-refractivity contribution in [2.24, 2.45) is 0 Å². The monoisotopic (exact) mass is 402 g/mol. The summed E-state index contributed by atoms with van der Waals surface area (Å²) in [5, 5.41) is 12.0. The Balaban J connectivity index is 1.24. The minimum atomic E-state index is -0.182. The Kier molecular flexibility index (Phi) is 6.46. The van der Waals surface area contributed by atoms with E-state index < -0.39 is 0 Å². The van der Waals surface area contributed by atoms with Crippen LogP contribution in [0.1, 0.15) is 36.6 Å². The van der Waals surface area contributed by atoms with Crippen molar-refractivity contribution in [3.8, 4) is 0 Å². The van der Waals surface area contributed by atoms with E-state index in [2.05, 4.69) is 20.4 Å². The molecule has 4 rings (SSSR count). The van der Waals surface area contributed by atoms with E-state index in [1.54, 1.807) is 10.7 Å². The highest BCUT2D eigenvalue weighted by atomic mass is 19.1. The van der Waals surface area contributed by atoms with Crippen LogP contribution in [0.4, 0.5) is 4.39 Å². The number of amides is 1. The van der Waals surface area contributed by atoms with Crippen molar-refractivity contribution in [2.75, 3.05) is 39.4 Å². The molecule has 2 saturated heterocycles. The van der Waals surface area contributed by atoms with Gasteiger partial charge in [0.25, 0.3) is 0 Å². The molecule has 1 amide bonds. The molecule has 8 nitrogen and oxygen atoms in total. The third-order valence-corrected chi connectivity index (χ3v) is 5.72. The third kappa shape index (κ3) is 4.97. The lowest BCUT2D eigenvalue weighted by Crippen LogP contribution is -2.36. The van der Waals surface area contributed by atoms with Gasteiger partial charge in [-0.1, -0.05) is 18.2 Å². The molecular formula is C20H27FN6O2. The molecule has 2 aliphatic rings. The third-order valence-electron chi connectivity index (χ3n) is 5.72. The van der Waals surface area contributed by atoms with Crippen molar-refractivity contribution >= 4 is 5.91 Å². The van der Waals surface area contributed by atoms with Crippen molar-refractivity contribution in [2.45, 2.75) is 38.3 Å². The smallest absolute Gasteiger partial charge is 0.222 e. The second-order valence-corrected chi connectivity index (χ2v) is 7.66. The van der Waals surface area contributed by atoms with E-state index in [9.17, 15) is 9.18 Å². The Labute approximate surface area is 169 Å². The number of morpholine rings is 1. The number of aryl methyl sites for hydroxylation is 1. The number of likely N-dealkylation sites (tertiary alicyclic amines) is 1. The summed E-state index contributed by atoms with van der Waals surface area (Å²) in [5.41, 5.74) is 0.712. The molecule has 2 aromatic rings. The molecule has 0 radical (unpaired) electrons. The molecule has 156 valence electrons. The summed E-state index contributed by atoms with van der Waals surface area (Å²) in [5.74, 6) is 0.838. The van der Waals surface area contributed by atoms with E-state index >= 15 is 0 Å². The van der Waals surface area contributed by atoms with E-state index in [1.807, 2.05) is 17.0 Å². The van der Waals surface area contributed by atoms with Gasteiger partial charge in [0.05, 0.1) is 19.8 Å². The topological polar surface area (TPSA) is 76.4 Å². The van der Waals surface area contributed by atoms with Crippen LogP contribution in [0.3, 0.4) is 0 Å². The second-order valence-electron chi connectivity index (χ2n) is 7.66. The molecule has 1 aromatic heterocycles. The van der Waals surface area contributed by atoms with E-state index in [0.29, 0.717) is 44.6 Å². The summed E-state index contributed by atoms with van der Waals surface area (Å²) >= 11 is 0. The van der Waals surface area contributed by atoms with E-state index in [4.69, 9.17) is 4.74 Å². The van der Waals surface area contributed by atoms with Gasteiger partial charge in [0.15, 0.2) is 5.82 Å². The Morgan fingerprint density at radius 1 is 1.21 bits per heavy atom. The van der Waals surface area contributed by atoms with Crippen molar-refractivity contribution < 1.29 is 13.9 Å². The molecule has 0 spiro atoms. The van der Waals surface area contributed by atoms with Crippen LogP contribution in [0, 0.1) is 5.82 Å². The summed E-state index contributed by atoms with van der Waals surface area (Å²) < 4.78 is 21.2. The summed E-state index contributed by atoms with van der Waals surface area (Å²) in [4.78, 5) is 16.7. The molecule has 0 saturated carbocycles. The molecule has 0 N–H and O–H groups in total. The fourth-order valence-corrected chi connectivity index (χ4v) is 4.05. The molecule has 2 fully saturated rings. The predicted octanol–water partition coefficient (Wildman–Crippen LogP) is 1.44. The van der Waals surface area contributed by atoms with Gasteiger partial charge >= 0.3 is 0 Å². The van der Waals surface area contributed by atoms with Crippen LogP contribution < -0.4 is 0 Å². The van der Waals surface area contributed by atoms with Gasteiger partial charge in [-0.05, 0) is 34.9 Å². The molecule has 0 aliphatic carbocycles. The van der Waals surface area contributed by atoms with Gasteiger partial charge in [0.2, 0.25) is 5.91 Å². The Morgan fingerprint density at radius 2 is 2.03 bits per heavy atom. The number of aromatic nitrogens is 4. The fourth-order valence-electron chi connectivity index (χ4n) is 4.05. The van der Waals surface area contributed by atoms with Crippen LogP contribution in [0.2, 0.25) is 0 Å². The van der Waals surface area contributed by atoms with Crippen LogP contribution in [-0.2, 0) is 22.6 Å². The maximum Gasteiger partial charge on any atom is 0.222 e. The number of rotatable bonds is 7. The highest BCUT2D eigenvalue weighted by Gasteiger charge is 2.28. The zero-order valence-corrected chi connectivity index (χ0v) is 16.5. The standard InChI is InChI=1S/C20H27FN6O2/c21-18-5-2-1-4-17(18)16-7-9-26(14-16)20(28)6-3-8-27-19(22-23-24-27)15-25-10-12-29-13-11-25/h1-2,4-5,16H,3,6-15H2/t16-/m1/s1. The molecular weight excluding hydrogens is 375 g/mol. The first-order valence-electron chi connectivity index (χ1n) is 10.3. The average molecular weight is 402 g/mol. The molecule has 1 aromatic carbocycles. The number of halogens is 1. The van der Waals surface area contributed by atoms with Crippen molar-refractivity contribution in [3.63, 3.8) is 0 Å². The quantitative estimate of drug-likeness (QED) is 0.698. The first-order valence-corrected chi connectivity index (χ1v) is 10.3. The molecule has 29 heavy (non-hydrogen) atoms. The number of carbonyl (C=O) groups excluding carboxylic acids is 1. The first-order chi connectivity index (χ1) is 14.2. The largest absolute Gasteiger partial charge is 0.379 e. The Hall–Kier alpha value is -2.39. The molecule has 0 unspecified atom stereocenters. The average Bonchev–Trinajstić information content (AvgIpc) is 3.39.